The Morgan fingerprint density at radius 1 is 0.900 bits per heavy atom. The van der Waals surface area contributed by atoms with Crippen LogP contribution in [0.15, 0.2) is 0 Å². The zero-order valence-corrected chi connectivity index (χ0v) is 9.61. The molecule has 0 N–H and O–H groups in total. The summed E-state index contributed by atoms with van der Waals surface area (Å²) in [7, 11) is 0. The van der Waals surface area contributed by atoms with Gasteiger partial charge in [-0.15, -0.1) is 17.0 Å². The molecule has 0 bridgehead atoms. The number of hydrogen-bond acceptors (Lipinski definition) is 0. The molecule has 0 fully saturated rings. The molecule has 0 nitrogen and oxygen atoms in total. The van der Waals surface area contributed by atoms with E-state index in [9.17, 15) is 0 Å². The minimum atomic E-state index is 0. The quantitative estimate of drug-likeness (QED) is 0.497. The second-order valence-corrected chi connectivity index (χ2v) is 3.57. The van der Waals surface area contributed by atoms with Crippen LogP contribution in [0.25, 0.3) is 0 Å². The van der Waals surface area contributed by atoms with Crippen LogP contribution >= 0.6 is 17.0 Å². The predicted molar refractivity (Wildman–Crippen MR) is 49.8 cm³/mol. The maximum absolute atomic E-state index is 2.25. The van der Waals surface area contributed by atoms with Crippen LogP contribution in [0.5, 0.6) is 0 Å². The standard InChI is InChI=1S/2C4H9.BrH.Cu/c2*1-3-4-2;;/h2*1,3-4H2,2H3;1H;. The summed E-state index contributed by atoms with van der Waals surface area (Å²) in [5, 5.41) is 2.72. The van der Waals surface area contributed by atoms with Gasteiger partial charge in [0.25, 0.3) is 0 Å². The van der Waals surface area contributed by atoms with Crippen molar-refractivity contribution in [2.45, 2.75) is 50.2 Å². The first-order valence-corrected chi connectivity index (χ1v) is 5.17. The second kappa shape index (κ2) is 12.7. The van der Waals surface area contributed by atoms with E-state index in [1.807, 2.05) is 0 Å². The van der Waals surface area contributed by atoms with Gasteiger partial charge < -0.3 is 0 Å². The summed E-state index contributed by atoms with van der Waals surface area (Å²) < 4.78 is 0. The third-order valence-corrected chi connectivity index (χ3v) is 2.47. The molecule has 0 amide bonds. The van der Waals surface area contributed by atoms with E-state index in [2.05, 4.69) is 28.8 Å². The zero-order valence-electron chi connectivity index (χ0n) is 6.95. The van der Waals surface area contributed by atoms with Crippen molar-refractivity contribution in [2.24, 2.45) is 0 Å². The van der Waals surface area contributed by atoms with Crippen molar-refractivity contribution in [1.29, 1.82) is 0 Å². The Kier molecular flexibility index (Phi) is 17.2. The van der Waals surface area contributed by atoms with Gasteiger partial charge in [-0.25, -0.2) is 0 Å². The third-order valence-electron chi connectivity index (χ3n) is 1.13. The molecule has 0 rings (SSSR count). The van der Waals surface area contributed by atoms with Crippen molar-refractivity contribution in [3.63, 3.8) is 0 Å². The van der Waals surface area contributed by atoms with Gasteiger partial charge in [-0.05, 0) is 0 Å². The van der Waals surface area contributed by atoms with E-state index in [1.54, 1.807) is 0 Å². The van der Waals surface area contributed by atoms with Crippen LogP contribution in [0.2, 0.25) is 10.6 Å². The van der Waals surface area contributed by atoms with Crippen molar-refractivity contribution in [1.82, 2.24) is 0 Å². The first-order chi connectivity index (χ1) is 4.41. The Morgan fingerprint density at radius 3 is 1.60 bits per heavy atom. The minimum absolute atomic E-state index is 0. The van der Waals surface area contributed by atoms with Gasteiger partial charge in [0.1, 0.15) is 0 Å². The Morgan fingerprint density at radius 2 is 1.30 bits per heavy atom. The van der Waals surface area contributed by atoms with Gasteiger partial charge in [0.2, 0.25) is 0 Å². The Labute approximate surface area is 82.1 Å². The molecule has 0 unspecified atom stereocenters. The number of halogens is 1. The van der Waals surface area contributed by atoms with Crippen molar-refractivity contribution in [2.75, 3.05) is 0 Å². The van der Waals surface area contributed by atoms with Crippen LogP contribution in [-0.4, -0.2) is 0 Å². The van der Waals surface area contributed by atoms with Gasteiger partial charge in [-0.3, -0.25) is 0 Å². The normalized spacial score (nSPS) is 9.40. The topological polar surface area (TPSA) is 0 Å². The fraction of sp³-hybridized carbons (Fsp3) is 1.00. The Hall–Kier alpha value is 0.999. The van der Waals surface area contributed by atoms with Crippen molar-refractivity contribution in [3.8, 4) is 0 Å². The molecule has 10 heavy (non-hydrogen) atoms. The van der Waals surface area contributed by atoms with Crippen LogP contribution in [-0.2, 0) is 15.0 Å². The monoisotopic (exact) mass is 257 g/mol. The van der Waals surface area contributed by atoms with Crippen LogP contribution in [0.1, 0.15) is 39.5 Å². The average molecular weight is 259 g/mol. The van der Waals surface area contributed by atoms with Crippen molar-refractivity contribution < 1.29 is 15.0 Å². The molecule has 0 aliphatic carbocycles. The molecule has 0 radical (unpaired) electrons. The van der Waals surface area contributed by atoms with Gasteiger partial charge in [-0.2, -0.15) is 0 Å². The van der Waals surface area contributed by atoms with Gasteiger partial charge in [0.05, 0.1) is 0 Å². The van der Waals surface area contributed by atoms with Gasteiger partial charge in [-0.1, -0.05) is 0 Å². The predicted octanol–water partition coefficient (Wildman–Crippen LogP) is 4.08. The summed E-state index contributed by atoms with van der Waals surface area (Å²) in [6.45, 7) is 4.50. The van der Waals surface area contributed by atoms with E-state index in [0.717, 1.165) is 0 Å². The van der Waals surface area contributed by atoms with Crippen molar-refractivity contribution >= 4 is 17.0 Å². The molecule has 69 valence electrons. The first-order valence-electron chi connectivity index (χ1n) is 3.84. The molecule has 0 saturated carbocycles. The van der Waals surface area contributed by atoms with Gasteiger partial charge in [0.15, 0.2) is 0 Å². The molecule has 0 heterocycles. The first kappa shape index (κ1) is 13.6. The molecule has 0 atom stereocenters. The Bertz CT molecular complexity index is 42.5. The van der Waals surface area contributed by atoms with Crippen LogP contribution in [0.4, 0.5) is 0 Å². The van der Waals surface area contributed by atoms with E-state index >= 15 is 0 Å². The summed E-state index contributed by atoms with van der Waals surface area (Å²) in [6, 6.07) is 0. The molecule has 0 aliphatic heterocycles. The Balaban J connectivity index is 0. The van der Waals surface area contributed by atoms with E-state index < -0.39 is 0 Å². The molecular weight excluding hydrogens is 240 g/mol. The van der Waals surface area contributed by atoms with E-state index in [4.69, 9.17) is 0 Å². The molecular formula is C8H19BrCu. The average Bonchev–Trinajstić information content (AvgIpc) is 1.89. The summed E-state index contributed by atoms with van der Waals surface area (Å²) in [5.74, 6) is 0. The van der Waals surface area contributed by atoms with Crippen LogP contribution in [0.3, 0.4) is 0 Å². The number of hydrogen-bond donors (Lipinski definition) is 0. The number of unbranched alkanes of at least 4 members (excludes halogenated alkanes) is 2. The van der Waals surface area contributed by atoms with Crippen molar-refractivity contribution in [3.05, 3.63) is 0 Å². The third kappa shape index (κ3) is 11.8. The molecule has 0 aliphatic rings. The summed E-state index contributed by atoms with van der Waals surface area (Å²) in [4.78, 5) is 0. The van der Waals surface area contributed by atoms with Crippen LogP contribution in [0, 0.1) is 0 Å². The van der Waals surface area contributed by atoms with E-state index in [0.29, 0.717) is 0 Å². The molecule has 0 spiro atoms. The summed E-state index contributed by atoms with van der Waals surface area (Å²) in [5.41, 5.74) is 0. The summed E-state index contributed by atoms with van der Waals surface area (Å²) in [6.07, 6.45) is 5.47. The molecule has 0 saturated heterocycles. The fourth-order valence-corrected chi connectivity index (χ4v) is 1.81. The molecule has 0 aromatic heterocycles. The van der Waals surface area contributed by atoms with E-state index in [1.165, 1.54) is 36.3 Å². The zero-order chi connectivity index (χ0) is 6.95. The summed E-state index contributed by atoms with van der Waals surface area (Å²) >= 11 is 2.18. The number of rotatable bonds is 6. The SMILES string of the molecule is Br.CCC[CH2][Cu][CH2]CCC. The molecule has 0 aromatic rings. The second-order valence-electron chi connectivity index (χ2n) is 2.16. The van der Waals surface area contributed by atoms with E-state index in [-0.39, 0.29) is 17.0 Å². The van der Waals surface area contributed by atoms with Crippen LogP contribution < -0.4 is 0 Å². The van der Waals surface area contributed by atoms with Gasteiger partial charge in [0, 0.05) is 0 Å². The molecule has 0 aromatic carbocycles. The maximum atomic E-state index is 2.25. The van der Waals surface area contributed by atoms with Gasteiger partial charge >= 0.3 is 65.1 Å². The molecule has 2 heteroatoms. The fourth-order valence-electron chi connectivity index (χ4n) is 0.439.